The van der Waals surface area contributed by atoms with Crippen molar-refractivity contribution in [2.24, 2.45) is 10.9 Å². The highest BCUT2D eigenvalue weighted by atomic mass is 35.5. The van der Waals surface area contributed by atoms with E-state index in [9.17, 15) is 4.79 Å². The van der Waals surface area contributed by atoms with Gasteiger partial charge in [0.25, 0.3) is 5.91 Å². The largest absolute Gasteiger partial charge is 0.496 e. The standard InChI is InChI=1S/C22H23ClN2O2S/c1-14(2)13-25-21(26)20(12-16-10-9-15(3)19(11-16)27-4)28-22(25)24-18-8-6-5-7-17(18)23/h5-12,14H,13H2,1-4H3/b20-12+,24-22?. The van der Waals surface area contributed by atoms with Crippen LogP contribution in [0.1, 0.15) is 25.0 Å². The lowest BCUT2D eigenvalue weighted by atomic mass is 10.1. The number of hydrogen-bond acceptors (Lipinski definition) is 4. The van der Waals surface area contributed by atoms with Crippen LogP contribution in [0.3, 0.4) is 0 Å². The predicted octanol–water partition coefficient (Wildman–Crippen LogP) is 5.92. The highest BCUT2D eigenvalue weighted by Crippen LogP contribution is 2.36. The van der Waals surface area contributed by atoms with Crippen LogP contribution in [0.4, 0.5) is 5.69 Å². The quantitative estimate of drug-likeness (QED) is 0.570. The number of para-hydroxylation sites is 1. The molecule has 2 aromatic rings. The van der Waals surface area contributed by atoms with Crippen molar-refractivity contribution in [2.45, 2.75) is 20.8 Å². The number of nitrogens with zero attached hydrogens (tertiary/aromatic N) is 2. The molecule has 1 amide bonds. The molecule has 0 unspecified atom stereocenters. The van der Waals surface area contributed by atoms with E-state index >= 15 is 0 Å². The fourth-order valence-corrected chi connectivity index (χ4v) is 4.02. The van der Waals surface area contributed by atoms with Crippen LogP contribution in [0.2, 0.25) is 5.02 Å². The third-order valence-electron chi connectivity index (χ3n) is 4.23. The first kappa shape index (κ1) is 20.5. The van der Waals surface area contributed by atoms with E-state index in [0.29, 0.717) is 33.2 Å². The SMILES string of the molecule is COc1cc(/C=C2/SC(=Nc3ccccc3Cl)N(CC(C)C)C2=O)ccc1C. The highest BCUT2D eigenvalue weighted by molar-refractivity contribution is 8.18. The average molecular weight is 415 g/mol. The Kier molecular flexibility index (Phi) is 6.47. The Labute approximate surface area is 175 Å². The predicted molar refractivity (Wildman–Crippen MR) is 118 cm³/mol. The maximum absolute atomic E-state index is 13.0. The lowest BCUT2D eigenvalue weighted by Gasteiger charge is -2.17. The topological polar surface area (TPSA) is 41.9 Å². The number of aryl methyl sites for hydroxylation is 1. The molecule has 0 aliphatic carbocycles. The van der Waals surface area contributed by atoms with E-state index in [1.54, 1.807) is 18.1 Å². The van der Waals surface area contributed by atoms with Gasteiger partial charge in [-0.1, -0.05) is 49.7 Å². The Bertz CT molecular complexity index is 953. The van der Waals surface area contributed by atoms with Crippen LogP contribution in [-0.2, 0) is 4.79 Å². The second-order valence-corrected chi connectivity index (χ2v) is 8.41. The number of aliphatic imine (C=N–C) groups is 1. The molecule has 1 fully saturated rings. The summed E-state index contributed by atoms with van der Waals surface area (Å²) in [4.78, 5) is 20.1. The van der Waals surface area contributed by atoms with Crippen LogP contribution in [0.5, 0.6) is 5.75 Å². The van der Waals surface area contributed by atoms with Crippen molar-refractivity contribution in [3.05, 3.63) is 63.5 Å². The van der Waals surface area contributed by atoms with Gasteiger partial charge in [-0.25, -0.2) is 4.99 Å². The Balaban J connectivity index is 1.98. The Morgan fingerprint density at radius 3 is 2.68 bits per heavy atom. The van der Waals surface area contributed by atoms with Crippen LogP contribution in [0.15, 0.2) is 52.4 Å². The molecule has 6 heteroatoms. The Hall–Kier alpha value is -2.24. The zero-order chi connectivity index (χ0) is 20.3. The molecule has 3 rings (SSSR count). The van der Waals surface area contributed by atoms with Gasteiger partial charge in [-0.05, 0) is 60.0 Å². The zero-order valence-corrected chi connectivity index (χ0v) is 18.0. The van der Waals surface area contributed by atoms with Gasteiger partial charge in [0.2, 0.25) is 0 Å². The van der Waals surface area contributed by atoms with Crippen molar-refractivity contribution in [1.29, 1.82) is 0 Å². The molecular weight excluding hydrogens is 392 g/mol. The molecule has 28 heavy (non-hydrogen) atoms. The third kappa shape index (κ3) is 4.59. The molecule has 0 atom stereocenters. The number of thioether (sulfide) groups is 1. The van der Waals surface area contributed by atoms with Crippen LogP contribution >= 0.6 is 23.4 Å². The molecule has 146 valence electrons. The van der Waals surface area contributed by atoms with Gasteiger partial charge in [-0.3, -0.25) is 9.69 Å². The molecule has 4 nitrogen and oxygen atoms in total. The summed E-state index contributed by atoms with van der Waals surface area (Å²) in [5.41, 5.74) is 2.63. The number of ether oxygens (including phenoxy) is 1. The molecule has 1 heterocycles. The summed E-state index contributed by atoms with van der Waals surface area (Å²) in [6, 6.07) is 13.3. The van der Waals surface area contributed by atoms with Crippen LogP contribution < -0.4 is 4.74 Å². The van der Waals surface area contributed by atoms with Gasteiger partial charge in [0.15, 0.2) is 5.17 Å². The first-order chi connectivity index (χ1) is 13.4. The molecule has 1 aliphatic heterocycles. The van der Waals surface area contributed by atoms with E-state index in [-0.39, 0.29) is 5.91 Å². The van der Waals surface area contributed by atoms with Gasteiger partial charge in [-0.15, -0.1) is 0 Å². The lowest BCUT2D eigenvalue weighted by molar-refractivity contribution is -0.122. The normalized spacial score (nSPS) is 17.2. The number of amides is 1. The van der Waals surface area contributed by atoms with E-state index in [2.05, 4.69) is 18.8 Å². The van der Waals surface area contributed by atoms with E-state index in [1.807, 2.05) is 49.4 Å². The molecule has 1 aliphatic rings. The average Bonchev–Trinajstić information content (AvgIpc) is 2.93. The minimum absolute atomic E-state index is 0.0379. The van der Waals surface area contributed by atoms with E-state index in [0.717, 1.165) is 16.9 Å². The molecule has 0 N–H and O–H groups in total. The summed E-state index contributed by atoms with van der Waals surface area (Å²) < 4.78 is 5.39. The number of amidine groups is 1. The van der Waals surface area contributed by atoms with Crippen molar-refractivity contribution >= 4 is 46.2 Å². The lowest BCUT2D eigenvalue weighted by Crippen LogP contribution is -2.32. The van der Waals surface area contributed by atoms with Crippen LogP contribution in [0, 0.1) is 12.8 Å². The van der Waals surface area contributed by atoms with Crippen molar-refractivity contribution in [1.82, 2.24) is 4.90 Å². The van der Waals surface area contributed by atoms with Crippen LogP contribution in [-0.4, -0.2) is 29.6 Å². The van der Waals surface area contributed by atoms with Crippen molar-refractivity contribution < 1.29 is 9.53 Å². The van der Waals surface area contributed by atoms with E-state index in [4.69, 9.17) is 16.3 Å². The van der Waals surface area contributed by atoms with E-state index in [1.165, 1.54) is 11.8 Å². The third-order valence-corrected chi connectivity index (χ3v) is 5.56. The molecule has 1 saturated heterocycles. The smallest absolute Gasteiger partial charge is 0.266 e. The number of carbonyl (C=O) groups is 1. The summed E-state index contributed by atoms with van der Waals surface area (Å²) in [6.07, 6.45) is 1.89. The summed E-state index contributed by atoms with van der Waals surface area (Å²) in [5.74, 6) is 1.08. The second-order valence-electron chi connectivity index (χ2n) is 7.00. The Morgan fingerprint density at radius 2 is 2.00 bits per heavy atom. The van der Waals surface area contributed by atoms with Gasteiger partial charge in [0, 0.05) is 6.54 Å². The molecule has 0 saturated carbocycles. The number of methoxy groups -OCH3 is 1. The molecule has 0 aromatic heterocycles. The fraction of sp³-hybridized carbons (Fsp3) is 0.273. The minimum Gasteiger partial charge on any atom is -0.496 e. The molecule has 0 bridgehead atoms. The summed E-state index contributed by atoms with van der Waals surface area (Å²) in [7, 11) is 1.65. The maximum Gasteiger partial charge on any atom is 0.266 e. The van der Waals surface area contributed by atoms with Crippen molar-refractivity contribution in [2.75, 3.05) is 13.7 Å². The van der Waals surface area contributed by atoms with Gasteiger partial charge in [-0.2, -0.15) is 0 Å². The monoisotopic (exact) mass is 414 g/mol. The summed E-state index contributed by atoms with van der Waals surface area (Å²) in [5, 5.41) is 1.21. The fourth-order valence-electron chi connectivity index (χ4n) is 2.84. The zero-order valence-electron chi connectivity index (χ0n) is 16.4. The highest BCUT2D eigenvalue weighted by Gasteiger charge is 2.33. The first-order valence-corrected chi connectivity index (χ1v) is 10.3. The van der Waals surface area contributed by atoms with Crippen molar-refractivity contribution in [3.8, 4) is 5.75 Å². The number of halogens is 1. The number of carbonyl (C=O) groups excluding carboxylic acids is 1. The number of hydrogen-bond donors (Lipinski definition) is 0. The number of rotatable bonds is 5. The number of benzene rings is 2. The maximum atomic E-state index is 13.0. The summed E-state index contributed by atoms with van der Waals surface area (Å²) >= 11 is 7.63. The van der Waals surface area contributed by atoms with E-state index < -0.39 is 0 Å². The van der Waals surface area contributed by atoms with Crippen molar-refractivity contribution in [3.63, 3.8) is 0 Å². The molecule has 2 aromatic carbocycles. The molecular formula is C22H23ClN2O2S. The van der Waals surface area contributed by atoms with Crippen LogP contribution in [0.25, 0.3) is 6.08 Å². The van der Waals surface area contributed by atoms with Gasteiger partial charge in [0.1, 0.15) is 5.75 Å². The van der Waals surface area contributed by atoms with Gasteiger partial charge >= 0.3 is 0 Å². The van der Waals surface area contributed by atoms with Gasteiger partial charge in [0.05, 0.1) is 22.7 Å². The minimum atomic E-state index is -0.0379. The second kappa shape index (κ2) is 8.84. The Morgan fingerprint density at radius 1 is 1.25 bits per heavy atom. The summed E-state index contributed by atoms with van der Waals surface area (Å²) in [6.45, 7) is 6.75. The first-order valence-electron chi connectivity index (χ1n) is 9.08. The van der Waals surface area contributed by atoms with Gasteiger partial charge < -0.3 is 4.74 Å². The molecule has 0 spiro atoms. The molecule has 0 radical (unpaired) electrons.